The Morgan fingerprint density at radius 1 is 1.30 bits per heavy atom. The number of methoxy groups -OCH3 is 1. The Hall–Kier alpha value is -1.65. The molecule has 4 heteroatoms. The van der Waals surface area contributed by atoms with Gasteiger partial charge >= 0.3 is 0 Å². The number of hydrogen-bond donors (Lipinski definition) is 1. The number of aromatic nitrogens is 2. The van der Waals surface area contributed by atoms with E-state index in [9.17, 15) is 5.11 Å². The third kappa shape index (κ3) is 3.08. The lowest BCUT2D eigenvalue weighted by Crippen LogP contribution is -2.34. The summed E-state index contributed by atoms with van der Waals surface area (Å²) in [5.41, 5.74) is 1.82. The molecule has 0 aliphatic carbocycles. The number of aryl methyl sites for hydroxylation is 2. The van der Waals surface area contributed by atoms with Gasteiger partial charge in [0.15, 0.2) is 0 Å². The highest BCUT2D eigenvalue weighted by atomic mass is 16.5. The Balaban J connectivity index is 2.34. The molecule has 1 aromatic carbocycles. The molecule has 1 heterocycles. The summed E-state index contributed by atoms with van der Waals surface area (Å²) in [6.07, 6.45) is 0.486. The molecule has 1 N–H and O–H groups in total. The molecule has 0 radical (unpaired) electrons. The van der Waals surface area contributed by atoms with E-state index in [-0.39, 0.29) is 6.61 Å². The molecular formula is C16H22N2O2. The molecule has 0 fully saturated rings. The quantitative estimate of drug-likeness (QED) is 0.879. The Morgan fingerprint density at radius 2 is 2.00 bits per heavy atom. The van der Waals surface area contributed by atoms with Crippen LogP contribution < -0.4 is 0 Å². The highest BCUT2D eigenvalue weighted by Crippen LogP contribution is 2.26. The summed E-state index contributed by atoms with van der Waals surface area (Å²) in [7, 11) is 1.61. The lowest BCUT2D eigenvalue weighted by molar-refractivity contribution is -0.0368. The smallest absolute Gasteiger partial charge is 0.118 e. The Kier molecular flexibility index (Phi) is 4.57. The van der Waals surface area contributed by atoms with E-state index in [0.717, 1.165) is 23.5 Å². The van der Waals surface area contributed by atoms with Gasteiger partial charge in [-0.2, -0.15) is 5.10 Å². The third-order valence-electron chi connectivity index (χ3n) is 3.45. The number of rotatable bonds is 6. The van der Waals surface area contributed by atoms with Crippen molar-refractivity contribution in [3.05, 3.63) is 53.3 Å². The molecule has 0 saturated carbocycles. The van der Waals surface area contributed by atoms with Crippen LogP contribution in [0.1, 0.15) is 23.9 Å². The van der Waals surface area contributed by atoms with E-state index in [4.69, 9.17) is 4.74 Å². The van der Waals surface area contributed by atoms with Crippen LogP contribution in [0.25, 0.3) is 0 Å². The number of benzene rings is 1. The van der Waals surface area contributed by atoms with Crippen LogP contribution in [-0.4, -0.2) is 28.6 Å². The van der Waals surface area contributed by atoms with Crippen molar-refractivity contribution in [2.75, 3.05) is 13.7 Å². The first-order chi connectivity index (χ1) is 9.59. The van der Waals surface area contributed by atoms with E-state index in [1.165, 1.54) is 0 Å². The fraction of sp³-hybridized carbons (Fsp3) is 0.438. The van der Waals surface area contributed by atoms with Crippen LogP contribution in [0, 0.1) is 6.92 Å². The summed E-state index contributed by atoms with van der Waals surface area (Å²) in [6.45, 7) is 5.06. The number of hydrogen-bond acceptors (Lipinski definition) is 3. The molecule has 1 aromatic heterocycles. The van der Waals surface area contributed by atoms with Crippen LogP contribution in [0.15, 0.2) is 36.4 Å². The summed E-state index contributed by atoms with van der Waals surface area (Å²) in [5, 5.41) is 15.4. The first-order valence-electron chi connectivity index (χ1n) is 6.89. The van der Waals surface area contributed by atoms with Crippen molar-refractivity contribution in [3.63, 3.8) is 0 Å². The molecule has 0 amide bonds. The average Bonchev–Trinajstić information content (AvgIpc) is 2.79. The van der Waals surface area contributed by atoms with E-state index in [1.807, 2.05) is 54.9 Å². The molecule has 0 bridgehead atoms. The zero-order chi connectivity index (χ0) is 14.6. The van der Waals surface area contributed by atoms with Crippen molar-refractivity contribution in [2.45, 2.75) is 32.4 Å². The number of ether oxygens (including phenoxy) is 1. The van der Waals surface area contributed by atoms with Gasteiger partial charge in [-0.15, -0.1) is 0 Å². The Morgan fingerprint density at radius 3 is 2.60 bits per heavy atom. The van der Waals surface area contributed by atoms with Crippen LogP contribution >= 0.6 is 0 Å². The second-order valence-corrected chi connectivity index (χ2v) is 5.10. The van der Waals surface area contributed by atoms with E-state index in [0.29, 0.717) is 6.42 Å². The minimum atomic E-state index is -1.03. The Labute approximate surface area is 120 Å². The predicted molar refractivity (Wildman–Crippen MR) is 78.6 cm³/mol. The first-order valence-corrected chi connectivity index (χ1v) is 6.89. The minimum absolute atomic E-state index is 0.255. The largest absolute Gasteiger partial charge is 0.382 e. The highest BCUT2D eigenvalue weighted by molar-refractivity contribution is 5.25. The van der Waals surface area contributed by atoms with Crippen molar-refractivity contribution in [1.82, 2.24) is 9.78 Å². The third-order valence-corrected chi connectivity index (χ3v) is 3.45. The maximum atomic E-state index is 11.0. The van der Waals surface area contributed by atoms with Gasteiger partial charge in [-0.25, -0.2) is 0 Å². The molecule has 0 saturated heterocycles. The van der Waals surface area contributed by atoms with Gasteiger partial charge in [0.1, 0.15) is 5.60 Å². The fourth-order valence-corrected chi connectivity index (χ4v) is 2.54. The topological polar surface area (TPSA) is 47.3 Å². The first kappa shape index (κ1) is 14.8. The average molecular weight is 274 g/mol. The van der Waals surface area contributed by atoms with E-state index in [2.05, 4.69) is 5.10 Å². The predicted octanol–water partition coefficient (Wildman–Crippen LogP) is 2.29. The van der Waals surface area contributed by atoms with Crippen molar-refractivity contribution in [1.29, 1.82) is 0 Å². The molecule has 1 unspecified atom stereocenters. The molecular weight excluding hydrogens is 252 g/mol. The number of nitrogens with zero attached hydrogens (tertiary/aromatic N) is 2. The minimum Gasteiger partial charge on any atom is -0.382 e. The van der Waals surface area contributed by atoms with Crippen LogP contribution in [0.5, 0.6) is 0 Å². The summed E-state index contributed by atoms with van der Waals surface area (Å²) < 4.78 is 7.16. The van der Waals surface area contributed by atoms with Gasteiger partial charge in [-0.1, -0.05) is 30.3 Å². The molecule has 0 aliphatic heterocycles. The van der Waals surface area contributed by atoms with Gasteiger partial charge in [0.2, 0.25) is 0 Å². The summed E-state index contributed by atoms with van der Waals surface area (Å²) >= 11 is 0. The molecule has 2 rings (SSSR count). The molecule has 20 heavy (non-hydrogen) atoms. The lowest BCUT2D eigenvalue weighted by atomic mass is 9.89. The van der Waals surface area contributed by atoms with E-state index >= 15 is 0 Å². The molecule has 0 spiro atoms. The van der Waals surface area contributed by atoms with Crippen molar-refractivity contribution >= 4 is 0 Å². The SMILES string of the molecule is CCn1nc(C)cc1CC(O)(COC)c1ccccc1. The van der Waals surface area contributed by atoms with Crippen molar-refractivity contribution in [2.24, 2.45) is 0 Å². The standard InChI is InChI=1S/C16H22N2O2/c1-4-18-15(10-13(2)17-18)11-16(19,12-20-3)14-8-6-5-7-9-14/h5-10,19H,4,11-12H2,1-3H3. The second-order valence-electron chi connectivity index (χ2n) is 5.10. The zero-order valence-corrected chi connectivity index (χ0v) is 12.3. The van der Waals surface area contributed by atoms with Crippen molar-refractivity contribution < 1.29 is 9.84 Å². The van der Waals surface area contributed by atoms with E-state index < -0.39 is 5.60 Å². The molecule has 108 valence electrons. The molecule has 2 aromatic rings. The second kappa shape index (κ2) is 6.20. The van der Waals surface area contributed by atoms with Crippen LogP contribution in [-0.2, 0) is 23.3 Å². The van der Waals surface area contributed by atoms with Crippen molar-refractivity contribution in [3.8, 4) is 0 Å². The summed E-state index contributed by atoms with van der Waals surface area (Å²) in [5.74, 6) is 0. The normalized spacial score (nSPS) is 14.2. The Bertz CT molecular complexity index is 551. The maximum Gasteiger partial charge on any atom is 0.118 e. The summed E-state index contributed by atoms with van der Waals surface area (Å²) in [6, 6.07) is 11.7. The van der Waals surface area contributed by atoms with Gasteiger partial charge in [0.25, 0.3) is 0 Å². The van der Waals surface area contributed by atoms with Gasteiger partial charge in [-0.3, -0.25) is 4.68 Å². The molecule has 0 aliphatic rings. The lowest BCUT2D eigenvalue weighted by Gasteiger charge is -2.28. The monoisotopic (exact) mass is 274 g/mol. The van der Waals surface area contributed by atoms with Crippen LogP contribution in [0.3, 0.4) is 0 Å². The van der Waals surface area contributed by atoms with Gasteiger partial charge in [0, 0.05) is 25.8 Å². The number of aliphatic hydroxyl groups is 1. The molecule has 4 nitrogen and oxygen atoms in total. The van der Waals surface area contributed by atoms with E-state index in [1.54, 1.807) is 7.11 Å². The highest BCUT2D eigenvalue weighted by Gasteiger charge is 2.31. The van der Waals surface area contributed by atoms with Gasteiger partial charge < -0.3 is 9.84 Å². The zero-order valence-electron chi connectivity index (χ0n) is 12.3. The maximum absolute atomic E-state index is 11.0. The van der Waals surface area contributed by atoms with Crippen LogP contribution in [0.4, 0.5) is 0 Å². The van der Waals surface area contributed by atoms with Gasteiger partial charge in [-0.05, 0) is 25.5 Å². The fourth-order valence-electron chi connectivity index (χ4n) is 2.54. The van der Waals surface area contributed by atoms with Crippen LogP contribution in [0.2, 0.25) is 0 Å². The molecule has 1 atom stereocenters. The summed E-state index contributed by atoms with van der Waals surface area (Å²) in [4.78, 5) is 0. The van der Waals surface area contributed by atoms with Gasteiger partial charge in [0.05, 0.1) is 12.3 Å².